The van der Waals surface area contributed by atoms with E-state index in [1.165, 1.54) is 41.7 Å². The number of amides is 1. The van der Waals surface area contributed by atoms with E-state index in [4.69, 9.17) is 11.6 Å². The van der Waals surface area contributed by atoms with E-state index in [1.807, 2.05) is 22.1 Å². The second-order valence-electron chi connectivity index (χ2n) is 6.00. The standard InChI is InChI=1S/C20H13ClF2N2OS/c21-15-9-14(5-6-16(15)23)24-20(26)18-10-19-17(7-8-27-19)25(18)11-12-1-3-13(22)4-2-12/h1-10H,11H2,(H,24,26). The number of rotatable bonds is 4. The molecule has 0 saturated carbocycles. The minimum atomic E-state index is -0.546. The molecule has 0 saturated heterocycles. The van der Waals surface area contributed by atoms with Gasteiger partial charge in [0.2, 0.25) is 0 Å². The smallest absolute Gasteiger partial charge is 0.272 e. The summed E-state index contributed by atoms with van der Waals surface area (Å²) >= 11 is 7.31. The van der Waals surface area contributed by atoms with Gasteiger partial charge in [0.1, 0.15) is 17.3 Å². The van der Waals surface area contributed by atoms with E-state index in [9.17, 15) is 13.6 Å². The topological polar surface area (TPSA) is 34.0 Å². The van der Waals surface area contributed by atoms with E-state index in [0.717, 1.165) is 15.8 Å². The molecule has 2 aromatic carbocycles. The fourth-order valence-electron chi connectivity index (χ4n) is 2.88. The Hall–Kier alpha value is -2.70. The summed E-state index contributed by atoms with van der Waals surface area (Å²) in [6.07, 6.45) is 0. The van der Waals surface area contributed by atoms with Crippen molar-refractivity contribution in [3.05, 3.63) is 87.9 Å². The number of benzene rings is 2. The predicted octanol–water partition coefficient (Wildman–Crippen LogP) is 5.94. The van der Waals surface area contributed by atoms with E-state index in [1.54, 1.807) is 12.1 Å². The molecular weight excluding hydrogens is 390 g/mol. The molecule has 0 bridgehead atoms. The van der Waals surface area contributed by atoms with E-state index in [-0.39, 0.29) is 16.7 Å². The molecule has 0 aliphatic heterocycles. The SMILES string of the molecule is O=C(Nc1ccc(F)c(Cl)c1)c1cc2sccc2n1Cc1ccc(F)cc1. The average Bonchev–Trinajstić information content (AvgIpc) is 3.23. The monoisotopic (exact) mass is 402 g/mol. The van der Waals surface area contributed by atoms with Gasteiger partial charge < -0.3 is 9.88 Å². The Balaban J connectivity index is 1.68. The maximum atomic E-state index is 13.3. The van der Waals surface area contributed by atoms with Gasteiger partial charge in [-0.1, -0.05) is 23.7 Å². The van der Waals surface area contributed by atoms with Crippen LogP contribution in [0, 0.1) is 11.6 Å². The van der Waals surface area contributed by atoms with E-state index < -0.39 is 5.82 Å². The van der Waals surface area contributed by atoms with Gasteiger partial charge in [-0.15, -0.1) is 11.3 Å². The van der Waals surface area contributed by atoms with Crippen molar-refractivity contribution in [1.29, 1.82) is 0 Å². The third-order valence-electron chi connectivity index (χ3n) is 4.19. The molecule has 0 spiro atoms. The molecule has 0 radical (unpaired) electrons. The van der Waals surface area contributed by atoms with Gasteiger partial charge in [-0.25, -0.2) is 8.78 Å². The number of fused-ring (bicyclic) bond motifs is 1. The largest absolute Gasteiger partial charge is 0.331 e. The lowest BCUT2D eigenvalue weighted by molar-refractivity contribution is 0.101. The maximum Gasteiger partial charge on any atom is 0.272 e. The van der Waals surface area contributed by atoms with Gasteiger partial charge in [-0.2, -0.15) is 0 Å². The number of carbonyl (C=O) groups is 1. The molecule has 4 aromatic rings. The first-order chi connectivity index (χ1) is 13.0. The lowest BCUT2D eigenvalue weighted by Gasteiger charge is -2.11. The van der Waals surface area contributed by atoms with Crippen molar-refractivity contribution < 1.29 is 13.6 Å². The molecule has 0 aliphatic carbocycles. The average molecular weight is 403 g/mol. The zero-order valence-electron chi connectivity index (χ0n) is 13.9. The Labute approximate surface area is 162 Å². The van der Waals surface area contributed by atoms with Crippen LogP contribution in [0.1, 0.15) is 16.1 Å². The maximum absolute atomic E-state index is 13.3. The highest BCUT2D eigenvalue weighted by Gasteiger charge is 2.17. The van der Waals surface area contributed by atoms with Crippen LogP contribution in [-0.2, 0) is 6.54 Å². The third-order valence-corrected chi connectivity index (χ3v) is 5.33. The molecule has 1 amide bonds. The number of anilines is 1. The van der Waals surface area contributed by atoms with Gasteiger partial charge in [0.05, 0.1) is 15.2 Å². The van der Waals surface area contributed by atoms with E-state index >= 15 is 0 Å². The summed E-state index contributed by atoms with van der Waals surface area (Å²) in [5.74, 6) is -1.18. The molecule has 27 heavy (non-hydrogen) atoms. The highest BCUT2D eigenvalue weighted by Crippen LogP contribution is 2.27. The molecule has 4 rings (SSSR count). The Morgan fingerprint density at radius 1 is 1.07 bits per heavy atom. The van der Waals surface area contributed by atoms with Gasteiger partial charge in [0.15, 0.2) is 0 Å². The van der Waals surface area contributed by atoms with Gasteiger partial charge in [-0.05, 0) is 53.4 Å². The first kappa shape index (κ1) is 17.7. The fourth-order valence-corrected chi connectivity index (χ4v) is 3.88. The predicted molar refractivity (Wildman–Crippen MR) is 105 cm³/mol. The highest BCUT2D eigenvalue weighted by molar-refractivity contribution is 7.17. The van der Waals surface area contributed by atoms with Crippen LogP contribution >= 0.6 is 22.9 Å². The third kappa shape index (κ3) is 3.59. The van der Waals surface area contributed by atoms with Crippen molar-refractivity contribution in [2.45, 2.75) is 6.54 Å². The highest BCUT2D eigenvalue weighted by atomic mass is 35.5. The van der Waals surface area contributed by atoms with Crippen LogP contribution in [0.5, 0.6) is 0 Å². The quantitative estimate of drug-likeness (QED) is 0.450. The Bertz CT molecular complexity index is 1130. The Kier molecular flexibility index (Phi) is 4.68. The number of carbonyl (C=O) groups excluding carboxylic acids is 1. The van der Waals surface area contributed by atoms with Crippen molar-refractivity contribution >= 4 is 44.7 Å². The number of nitrogens with one attached hydrogen (secondary N) is 1. The van der Waals surface area contributed by atoms with Crippen LogP contribution in [0.4, 0.5) is 14.5 Å². The molecule has 0 unspecified atom stereocenters. The van der Waals surface area contributed by atoms with Crippen molar-refractivity contribution in [2.24, 2.45) is 0 Å². The van der Waals surface area contributed by atoms with Crippen LogP contribution in [0.2, 0.25) is 5.02 Å². The molecule has 0 fully saturated rings. The first-order valence-corrected chi connectivity index (χ1v) is 9.34. The summed E-state index contributed by atoms with van der Waals surface area (Å²) in [4.78, 5) is 12.8. The van der Waals surface area contributed by atoms with Gasteiger partial charge in [0, 0.05) is 12.2 Å². The molecular formula is C20H13ClF2N2OS. The first-order valence-electron chi connectivity index (χ1n) is 8.09. The number of hydrogen-bond acceptors (Lipinski definition) is 2. The molecule has 3 nitrogen and oxygen atoms in total. The number of halogens is 3. The lowest BCUT2D eigenvalue weighted by atomic mass is 10.2. The van der Waals surface area contributed by atoms with Gasteiger partial charge in [0.25, 0.3) is 5.91 Å². The van der Waals surface area contributed by atoms with Crippen molar-refractivity contribution in [2.75, 3.05) is 5.32 Å². The second-order valence-corrected chi connectivity index (χ2v) is 7.35. The number of thiophene rings is 1. The fraction of sp³-hybridized carbons (Fsp3) is 0.0500. The second kappa shape index (κ2) is 7.13. The summed E-state index contributed by atoms with van der Waals surface area (Å²) < 4.78 is 29.3. The number of nitrogens with zero attached hydrogens (tertiary/aromatic N) is 1. The van der Waals surface area contributed by atoms with Crippen molar-refractivity contribution in [3.63, 3.8) is 0 Å². The summed E-state index contributed by atoms with van der Waals surface area (Å²) in [5, 5.41) is 4.64. The Morgan fingerprint density at radius 3 is 2.59 bits per heavy atom. The van der Waals surface area contributed by atoms with Crippen LogP contribution in [0.3, 0.4) is 0 Å². The lowest BCUT2D eigenvalue weighted by Crippen LogP contribution is -2.17. The van der Waals surface area contributed by atoms with Gasteiger partial charge >= 0.3 is 0 Å². The summed E-state index contributed by atoms with van der Waals surface area (Å²) in [5.41, 5.74) is 2.66. The molecule has 1 N–H and O–H groups in total. The van der Waals surface area contributed by atoms with E-state index in [2.05, 4.69) is 5.32 Å². The molecule has 2 aromatic heterocycles. The molecule has 7 heteroatoms. The van der Waals surface area contributed by atoms with E-state index in [0.29, 0.717) is 17.9 Å². The minimum absolute atomic E-state index is 0.0597. The molecule has 136 valence electrons. The van der Waals surface area contributed by atoms with Crippen molar-refractivity contribution in [1.82, 2.24) is 4.57 Å². The van der Waals surface area contributed by atoms with Gasteiger partial charge in [-0.3, -0.25) is 4.79 Å². The summed E-state index contributed by atoms with van der Waals surface area (Å²) in [7, 11) is 0. The molecule has 2 heterocycles. The summed E-state index contributed by atoms with van der Waals surface area (Å²) in [6, 6.07) is 13.9. The van der Waals surface area contributed by atoms with Crippen LogP contribution < -0.4 is 5.32 Å². The summed E-state index contributed by atoms with van der Waals surface area (Å²) in [6.45, 7) is 0.424. The van der Waals surface area contributed by atoms with Crippen LogP contribution in [0.15, 0.2) is 60.0 Å². The zero-order valence-corrected chi connectivity index (χ0v) is 15.5. The van der Waals surface area contributed by atoms with Crippen LogP contribution in [-0.4, -0.2) is 10.5 Å². The molecule has 0 aliphatic rings. The number of aromatic nitrogens is 1. The zero-order chi connectivity index (χ0) is 19.0. The van der Waals surface area contributed by atoms with Crippen LogP contribution in [0.25, 0.3) is 10.2 Å². The van der Waals surface area contributed by atoms with Crippen molar-refractivity contribution in [3.8, 4) is 0 Å². The number of hydrogen-bond donors (Lipinski definition) is 1. The molecule has 0 atom stereocenters. The Morgan fingerprint density at radius 2 is 1.85 bits per heavy atom. The normalized spacial score (nSPS) is 11.1. The minimum Gasteiger partial charge on any atom is -0.331 e.